The van der Waals surface area contributed by atoms with Crippen molar-refractivity contribution in [2.75, 3.05) is 0 Å². The van der Waals surface area contributed by atoms with Gasteiger partial charge in [-0.05, 0) is 94.2 Å². The van der Waals surface area contributed by atoms with Gasteiger partial charge in [0, 0.05) is 31.2 Å². The number of hydrogen-bond acceptors (Lipinski definition) is 1. The van der Waals surface area contributed by atoms with Crippen LogP contribution in [0.2, 0.25) is 0 Å². The molecular formula is C49H32S. The highest BCUT2D eigenvalue weighted by Crippen LogP contribution is 2.58. The van der Waals surface area contributed by atoms with Gasteiger partial charge in [-0.25, -0.2) is 0 Å². The Morgan fingerprint density at radius 1 is 0.380 bits per heavy atom. The Hall–Kier alpha value is -5.76. The van der Waals surface area contributed by atoms with E-state index < -0.39 is 0 Å². The Bertz CT molecular complexity index is 3010. The monoisotopic (exact) mass is 652 g/mol. The summed E-state index contributed by atoms with van der Waals surface area (Å²) in [6.45, 7) is 4.83. The zero-order valence-electron chi connectivity index (χ0n) is 27.9. The van der Waals surface area contributed by atoms with Gasteiger partial charge in [0.2, 0.25) is 0 Å². The predicted molar refractivity (Wildman–Crippen MR) is 218 cm³/mol. The molecule has 0 N–H and O–H groups in total. The average molecular weight is 653 g/mol. The number of thiophene rings is 1. The van der Waals surface area contributed by atoms with E-state index >= 15 is 0 Å². The highest BCUT2D eigenvalue weighted by molar-refractivity contribution is 7.27. The quantitative estimate of drug-likeness (QED) is 0.163. The molecule has 0 aliphatic heterocycles. The third kappa shape index (κ3) is 3.71. The fourth-order valence-electron chi connectivity index (χ4n) is 9.10. The molecule has 0 saturated heterocycles. The first-order valence-electron chi connectivity index (χ1n) is 17.5. The van der Waals surface area contributed by atoms with Gasteiger partial charge in [-0.15, -0.1) is 11.3 Å². The second-order valence-corrected chi connectivity index (χ2v) is 15.4. The van der Waals surface area contributed by atoms with E-state index in [0.29, 0.717) is 0 Å². The number of fused-ring (bicyclic) bond motifs is 12. The van der Waals surface area contributed by atoms with Gasteiger partial charge < -0.3 is 0 Å². The third-order valence-electron chi connectivity index (χ3n) is 11.4. The minimum absolute atomic E-state index is 0.128. The molecule has 1 aromatic heterocycles. The smallest absolute Gasteiger partial charge is 0.0440 e. The molecule has 11 rings (SSSR count). The summed E-state index contributed by atoms with van der Waals surface area (Å²) in [4.78, 5) is 0. The van der Waals surface area contributed by atoms with E-state index in [1.165, 1.54) is 108 Å². The molecule has 234 valence electrons. The van der Waals surface area contributed by atoms with E-state index in [9.17, 15) is 0 Å². The fourth-order valence-corrected chi connectivity index (χ4v) is 10.5. The molecule has 0 saturated carbocycles. The Morgan fingerprint density at radius 2 is 0.960 bits per heavy atom. The third-order valence-corrected chi connectivity index (χ3v) is 12.7. The molecule has 0 nitrogen and oxygen atoms in total. The van der Waals surface area contributed by atoms with Crippen LogP contribution in [0.15, 0.2) is 158 Å². The molecule has 0 bridgehead atoms. The van der Waals surface area contributed by atoms with Crippen molar-refractivity contribution >= 4 is 74.6 Å². The second kappa shape index (κ2) is 10.1. The van der Waals surface area contributed by atoms with E-state index in [0.717, 1.165) is 0 Å². The first-order chi connectivity index (χ1) is 24.6. The Balaban J connectivity index is 1.33. The van der Waals surface area contributed by atoms with Crippen LogP contribution in [-0.2, 0) is 5.41 Å². The number of benzene rings is 9. The van der Waals surface area contributed by atoms with E-state index in [2.05, 4.69) is 172 Å². The van der Waals surface area contributed by atoms with E-state index in [1.54, 1.807) is 0 Å². The molecule has 0 radical (unpaired) electrons. The normalized spacial score (nSPS) is 13.6. The molecule has 0 amide bonds. The Morgan fingerprint density at radius 3 is 1.70 bits per heavy atom. The summed E-state index contributed by atoms with van der Waals surface area (Å²) in [7, 11) is 0. The van der Waals surface area contributed by atoms with Crippen LogP contribution < -0.4 is 0 Å². The fraction of sp³-hybridized carbons (Fsp3) is 0.0612. The topological polar surface area (TPSA) is 0 Å². The average Bonchev–Trinajstić information content (AvgIpc) is 3.66. The summed E-state index contributed by atoms with van der Waals surface area (Å²) in [6, 6.07) is 59.1. The summed E-state index contributed by atoms with van der Waals surface area (Å²) < 4.78 is 2.74. The molecule has 0 atom stereocenters. The van der Waals surface area contributed by atoms with Gasteiger partial charge in [-0.3, -0.25) is 0 Å². The molecule has 0 fully saturated rings. The van der Waals surface area contributed by atoms with Crippen LogP contribution in [0.25, 0.3) is 96.6 Å². The molecule has 1 aliphatic rings. The van der Waals surface area contributed by atoms with Crippen LogP contribution >= 0.6 is 11.3 Å². The van der Waals surface area contributed by atoms with Gasteiger partial charge in [0.1, 0.15) is 0 Å². The van der Waals surface area contributed by atoms with Gasteiger partial charge in [-0.2, -0.15) is 0 Å². The Labute approximate surface area is 294 Å². The molecule has 1 heterocycles. The second-order valence-electron chi connectivity index (χ2n) is 14.4. The molecular weight excluding hydrogens is 621 g/mol. The SMILES string of the molecule is CC1(C)c2ccccc2-c2c1cc(-c1c3ccccc3c(-c3ccc4ccccc4c3)c3ccccc13)c1sc3c4ccccc4ccc3c21. The van der Waals surface area contributed by atoms with Crippen molar-refractivity contribution in [3.8, 4) is 33.4 Å². The molecule has 10 aromatic rings. The molecule has 0 unspecified atom stereocenters. The standard InChI is InChI=1S/C49H32S/c1-49(2)41-22-12-11-21-38(41)45-42(49)28-40(48-46(45)39-26-25-30-14-5-6-16-33(30)47(39)50-48)44-36-19-9-7-17-34(36)43(35-18-8-10-20-37(35)44)32-24-23-29-13-3-4-15-31(29)27-32/h3-28H,1-2H3. The maximum Gasteiger partial charge on any atom is 0.0440 e. The Kier molecular flexibility index (Phi) is 5.70. The molecule has 50 heavy (non-hydrogen) atoms. The minimum atomic E-state index is -0.128. The van der Waals surface area contributed by atoms with E-state index in [1.807, 2.05) is 11.3 Å². The first kappa shape index (κ1) is 28.1. The van der Waals surface area contributed by atoms with Gasteiger partial charge >= 0.3 is 0 Å². The van der Waals surface area contributed by atoms with Crippen molar-refractivity contribution in [3.63, 3.8) is 0 Å². The maximum atomic E-state index is 2.57. The van der Waals surface area contributed by atoms with Crippen LogP contribution in [0, 0.1) is 0 Å². The lowest BCUT2D eigenvalue weighted by Crippen LogP contribution is -2.15. The summed E-state index contributed by atoms with van der Waals surface area (Å²) in [5.74, 6) is 0. The van der Waals surface area contributed by atoms with Gasteiger partial charge in [0.15, 0.2) is 0 Å². The molecule has 1 heteroatoms. The van der Waals surface area contributed by atoms with Crippen molar-refractivity contribution in [2.24, 2.45) is 0 Å². The highest BCUT2D eigenvalue weighted by atomic mass is 32.1. The lowest BCUT2D eigenvalue weighted by atomic mass is 9.79. The van der Waals surface area contributed by atoms with Crippen molar-refractivity contribution in [1.29, 1.82) is 0 Å². The number of hydrogen-bond donors (Lipinski definition) is 0. The van der Waals surface area contributed by atoms with E-state index in [4.69, 9.17) is 0 Å². The largest absolute Gasteiger partial charge is 0.134 e. The van der Waals surface area contributed by atoms with E-state index in [-0.39, 0.29) is 5.41 Å². The van der Waals surface area contributed by atoms with Crippen LogP contribution in [0.5, 0.6) is 0 Å². The van der Waals surface area contributed by atoms with Crippen LogP contribution in [0.1, 0.15) is 25.0 Å². The summed E-state index contributed by atoms with van der Waals surface area (Å²) in [5, 5.41) is 13.1. The van der Waals surface area contributed by atoms with Gasteiger partial charge in [0.05, 0.1) is 0 Å². The zero-order chi connectivity index (χ0) is 33.1. The lowest BCUT2D eigenvalue weighted by molar-refractivity contribution is 0.661. The van der Waals surface area contributed by atoms with Crippen LogP contribution in [0.4, 0.5) is 0 Å². The summed E-state index contributed by atoms with van der Waals surface area (Å²) >= 11 is 1.97. The minimum Gasteiger partial charge on any atom is -0.134 e. The van der Waals surface area contributed by atoms with Crippen molar-refractivity contribution in [1.82, 2.24) is 0 Å². The van der Waals surface area contributed by atoms with Gasteiger partial charge in [0.25, 0.3) is 0 Å². The van der Waals surface area contributed by atoms with Crippen LogP contribution in [-0.4, -0.2) is 0 Å². The predicted octanol–water partition coefficient (Wildman–Crippen LogP) is 14.3. The van der Waals surface area contributed by atoms with Crippen molar-refractivity contribution in [3.05, 3.63) is 169 Å². The van der Waals surface area contributed by atoms with Crippen molar-refractivity contribution in [2.45, 2.75) is 19.3 Å². The summed E-state index contributed by atoms with van der Waals surface area (Å²) in [6.07, 6.45) is 0. The van der Waals surface area contributed by atoms with Crippen molar-refractivity contribution < 1.29 is 0 Å². The lowest BCUT2D eigenvalue weighted by Gasteiger charge is -2.23. The maximum absolute atomic E-state index is 2.57. The summed E-state index contributed by atoms with van der Waals surface area (Å²) in [5.41, 5.74) is 10.7. The number of rotatable bonds is 2. The molecule has 0 spiro atoms. The molecule has 1 aliphatic carbocycles. The van der Waals surface area contributed by atoms with Gasteiger partial charge in [-0.1, -0.05) is 159 Å². The highest BCUT2D eigenvalue weighted by Gasteiger charge is 2.38. The molecule has 9 aromatic carbocycles. The first-order valence-corrected chi connectivity index (χ1v) is 18.3. The van der Waals surface area contributed by atoms with Crippen LogP contribution in [0.3, 0.4) is 0 Å². The zero-order valence-corrected chi connectivity index (χ0v) is 28.7.